The topological polar surface area (TPSA) is 55.0 Å². The van der Waals surface area contributed by atoms with E-state index >= 15 is 0 Å². The fourth-order valence-electron chi connectivity index (χ4n) is 0.583. The number of halogens is 3. The molecule has 0 aliphatic rings. The lowest BCUT2D eigenvalue weighted by molar-refractivity contribution is 0.875. The van der Waals surface area contributed by atoms with Gasteiger partial charge in [0.05, 0.1) is 0 Å². The number of anilines is 1. The zero-order valence-corrected chi connectivity index (χ0v) is 9.75. The molecule has 1 heterocycles. The van der Waals surface area contributed by atoms with E-state index in [2.05, 4.69) is 9.36 Å². The van der Waals surface area contributed by atoms with Crippen LogP contribution < -0.4 is 10.9 Å². The van der Waals surface area contributed by atoms with Crippen LogP contribution in [0.1, 0.15) is 12.7 Å². The van der Waals surface area contributed by atoms with Crippen LogP contribution in [0, 0.1) is 0 Å². The van der Waals surface area contributed by atoms with E-state index in [4.69, 9.17) is 40.6 Å². The Kier molecular flexibility index (Phi) is 3.59. The summed E-state index contributed by atoms with van der Waals surface area (Å²) < 4.78 is 2.29. The van der Waals surface area contributed by atoms with E-state index in [-0.39, 0.29) is 5.82 Å². The van der Waals surface area contributed by atoms with Crippen LogP contribution in [-0.4, -0.2) is 15.9 Å². The second-order valence-electron chi connectivity index (χ2n) is 2.18. The van der Waals surface area contributed by atoms with Gasteiger partial charge in [0.2, 0.25) is 5.13 Å². The van der Waals surface area contributed by atoms with Crippen molar-refractivity contribution in [1.82, 2.24) is 9.36 Å². The highest BCUT2D eigenvalue weighted by Gasteiger charge is 2.28. The fourth-order valence-corrected chi connectivity index (χ4v) is 1.69. The van der Waals surface area contributed by atoms with Gasteiger partial charge in [0, 0.05) is 18.1 Å². The summed E-state index contributed by atoms with van der Waals surface area (Å²) >= 11 is 17.8. The first-order valence-corrected chi connectivity index (χ1v) is 5.29. The molecule has 13 heavy (non-hydrogen) atoms. The number of nitrogens with two attached hydrogens (primary N) is 1. The lowest BCUT2D eigenvalue weighted by Gasteiger charge is -2.10. The SMILES string of the molecule is CCN(N)c1nc(C(Cl)(Cl)Cl)ns1. The Hall–Kier alpha value is 0.190. The molecule has 0 spiro atoms. The summed E-state index contributed by atoms with van der Waals surface area (Å²) in [7, 11) is 0. The maximum absolute atomic E-state index is 5.57. The Bertz CT molecular complexity index is 284. The maximum Gasteiger partial charge on any atom is 0.251 e. The minimum atomic E-state index is -1.58. The quantitative estimate of drug-likeness (QED) is 0.503. The molecule has 4 nitrogen and oxygen atoms in total. The molecule has 1 aromatic heterocycles. The van der Waals surface area contributed by atoms with Crippen LogP contribution >= 0.6 is 46.3 Å². The van der Waals surface area contributed by atoms with Gasteiger partial charge in [-0.15, -0.1) is 0 Å². The molecule has 0 radical (unpaired) electrons. The zero-order valence-electron chi connectivity index (χ0n) is 6.67. The number of hydrazine groups is 1. The summed E-state index contributed by atoms with van der Waals surface area (Å²) in [6.45, 7) is 2.50. The lowest BCUT2D eigenvalue weighted by Crippen LogP contribution is -2.30. The van der Waals surface area contributed by atoms with Gasteiger partial charge in [0.25, 0.3) is 3.79 Å². The highest BCUT2D eigenvalue weighted by atomic mass is 35.6. The van der Waals surface area contributed by atoms with Gasteiger partial charge in [0.15, 0.2) is 5.82 Å². The van der Waals surface area contributed by atoms with E-state index < -0.39 is 3.79 Å². The molecule has 8 heteroatoms. The van der Waals surface area contributed by atoms with Crippen LogP contribution in [0.15, 0.2) is 0 Å². The molecule has 0 saturated carbocycles. The molecule has 0 amide bonds. The first-order valence-electron chi connectivity index (χ1n) is 3.38. The highest BCUT2D eigenvalue weighted by Crippen LogP contribution is 2.37. The van der Waals surface area contributed by atoms with Gasteiger partial charge in [-0.3, -0.25) is 5.01 Å². The van der Waals surface area contributed by atoms with Crippen LogP contribution in [0.3, 0.4) is 0 Å². The van der Waals surface area contributed by atoms with Gasteiger partial charge < -0.3 is 0 Å². The van der Waals surface area contributed by atoms with Crippen LogP contribution in [0.2, 0.25) is 0 Å². The maximum atomic E-state index is 5.57. The Morgan fingerprint density at radius 3 is 2.54 bits per heavy atom. The van der Waals surface area contributed by atoms with Crippen molar-refractivity contribution in [3.8, 4) is 0 Å². The second kappa shape index (κ2) is 4.14. The number of hydrogen-bond acceptors (Lipinski definition) is 5. The third-order valence-corrected chi connectivity index (χ3v) is 2.52. The van der Waals surface area contributed by atoms with Crippen molar-refractivity contribution in [2.75, 3.05) is 11.6 Å². The summed E-state index contributed by atoms with van der Waals surface area (Å²) in [5, 5.41) is 1.96. The van der Waals surface area contributed by atoms with E-state index in [1.54, 1.807) is 0 Å². The van der Waals surface area contributed by atoms with Crippen LogP contribution in [0.25, 0.3) is 0 Å². The Balaban J connectivity index is 2.87. The number of alkyl halides is 3. The molecular formula is C5H7Cl3N4S. The molecule has 0 atom stereocenters. The van der Waals surface area contributed by atoms with Crippen LogP contribution in [0.5, 0.6) is 0 Å². The molecule has 0 aliphatic carbocycles. The molecule has 0 aliphatic heterocycles. The Morgan fingerprint density at radius 1 is 1.54 bits per heavy atom. The van der Waals surface area contributed by atoms with E-state index in [9.17, 15) is 0 Å². The predicted octanol–water partition coefficient (Wildman–Crippen LogP) is 2.06. The summed E-state index contributed by atoms with van der Waals surface area (Å²) in [5.74, 6) is 5.72. The molecule has 0 saturated heterocycles. The van der Waals surface area contributed by atoms with Gasteiger partial charge in [-0.1, -0.05) is 34.8 Å². The molecule has 2 N–H and O–H groups in total. The van der Waals surface area contributed by atoms with Gasteiger partial charge in [0.1, 0.15) is 0 Å². The molecule has 0 bridgehead atoms. The second-order valence-corrected chi connectivity index (χ2v) is 5.20. The van der Waals surface area contributed by atoms with Crippen molar-refractivity contribution in [2.24, 2.45) is 5.84 Å². The van der Waals surface area contributed by atoms with Crippen molar-refractivity contribution < 1.29 is 0 Å². The van der Waals surface area contributed by atoms with E-state index in [1.165, 1.54) is 5.01 Å². The molecule has 1 aromatic rings. The van der Waals surface area contributed by atoms with E-state index in [0.717, 1.165) is 11.5 Å². The zero-order chi connectivity index (χ0) is 10.1. The van der Waals surface area contributed by atoms with Gasteiger partial charge in [-0.2, -0.15) is 9.36 Å². The summed E-state index contributed by atoms with van der Waals surface area (Å²) in [5.41, 5.74) is 0. The van der Waals surface area contributed by atoms with Crippen LogP contribution in [0.4, 0.5) is 5.13 Å². The smallest absolute Gasteiger partial charge is 0.251 e. The van der Waals surface area contributed by atoms with Crippen molar-refractivity contribution in [2.45, 2.75) is 10.7 Å². The summed E-state index contributed by atoms with van der Waals surface area (Å²) in [4.78, 5) is 3.96. The van der Waals surface area contributed by atoms with Gasteiger partial charge >= 0.3 is 0 Å². The largest absolute Gasteiger partial charge is 0.285 e. The molecular weight excluding hydrogens is 255 g/mol. The van der Waals surface area contributed by atoms with Crippen molar-refractivity contribution in [1.29, 1.82) is 0 Å². The number of rotatable bonds is 2. The predicted molar refractivity (Wildman–Crippen MR) is 56.4 cm³/mol. The molecule has 74 valence electrons. The Morgan fingerprint density at radius 2 is 2.15 bits per heavy atom. The molecule has 0 fully saturated rings. The first kappa shape index (κ1) is 11.3. The average molecular weight is 262 g/mol. The van der Waals surface area contributed by atoms with Gasteiger partial charge in [-0.25, -0.2) is 5.84 Å². The third kappa shape index (κ3) is 2.82. The molecule has 0 aromatic carbocycles. The standard InChI is InChI=1S/C5H7Cl3N4S/c1-2-12(9)4-10-3(11-13-4)5(6,7)8/h2,9H2,1H3. The van der Waals surface area contributed by atoms with Crippen LogP contribution in [-0.2, 0) is 3.79 Å². The normalized spacial score (nSPS) is 11.8. The Labute approximate surface area is 94.7 Å². The number of hydrogen-bond donors (Lipinski definition) is 1. The molecule has 1 rings (SSSR count). The van der Waals surface area contributed by atoms with Gasteiger partial charge in [-0.05, 0) is 6.92 Å². The average Bonchev–Trinajstić information content (AvgIpc) is 2.50. The lowest BCUT2D eigenvalue weighted by atomic mass is 10.7. The van der Waals surface area contributed by atoms with Crippen molar-refractivity contribution >= 4 is 51.5 Å². The fraction of sp³-hybridized carbons (Fsp3) is 0.600. The molecule has 0 unspecified atom stereocenters. The monoisotopic (exact) mass is 260 g/mol. The highest BCUT2D eigenvalue weighted by molar-refractivity contribution is 7.09. The van der Waals surface area contributed by atoms with E-state index in [1.807, 2.05) is 6.92 Å². The minimum absolute atomic E-state index is 0.154. The third-order valence-electron chi connectivity index (χ3n) is 1.26. The van der Waals surface area contributed by atoms with E-state index in [0.29, 0.717) is 11.7 Å². The summed E-state index contributed by atoms with van der Waals surface area (Å²) in [6, 6.07) is 0. The number of aromatic nitrogens is 2. The summed E-state index contributed by atoms with van der Waals surface area (Å²) in [6.07, 6.45) is 0. The van der Waals surface area contributed by atoms with Crippen molar-refractivity contribution in [3.63, 3.8) is 0 Å². The minimum Gasteiger partial charge on any atom is -0.285 e. The first-order chi connectivity index (χ1) is 5.95. The van der Waals surface area contributed by atoms with Crippen molar-refractivity contribution in [3.05, 3.63) is 5.82 Å². The number of nitrogens with zero attached hydrogens (tertiary/aromatic N) is 3.